The van der Waals surface area contributed by atoms with Crippen molar-refractivity contribution in [2.45, 2.75) is 33.4 Å². The number of H-pyrrole nitrogens is 1. The number of nitrogens with two attached hydrogens (primary N) is 1. The zero-order valence-corrected chi connectivity index (χ0v) is 12.5. The second-order valence-corrected chi connectivity index (χ2v) is 4.84. The van der Waals surface area contributed by atoms with Crippen molar-refractivity contribution in [1.82, 2.24) is 10.2 Å². The predicted octanol–water partition coefficient (Wildman–Crippen LogP) is 3.69. The molecule has 0 saturated heterocycles. The number of nitrogens with one attached hydrogen (secondary N) is 1. The van der Waals surface area contributed by atoms with Gasteiger partial charge in [-0.15, -0.1) is 0 Å². The number of halogens is 3. The Bertz CT molecular complexity index is 540. The Morgan fingerprint density at radius 1 is 1.52 bits per heavy atom. The van der Waals surface area contributed by atoms with E-state index in [-0.39, 0.29) is 11.6 Å². The summed E-state index contributed by atoms with van der Waals surface area (Å²) in [5.41, 5.74) is 5.84. The third-order valence-electron chi connectivity index (χ3n) is 3.08. The fourth-order valence-corrected chi connectivity index (χ4v) is 1.87. The van der Waals surface area contributed by atoms with Gasteiger partial charge in [0, 0.05) is 17.2 Å². The van der Waals surface area contributed by atoms with Crippen LogP contribution in [-0.2, 0) is 10.9 Å². The number of allylic oxidation sites excluding steroid dienone is 4. The molecule has 0 aliphatic carbocycles. The molecule has 4 nitrogen and oxygen atoms in total. The topological polar surface area (TPSA) is 63.9 Å². The van der Waals surface area contributed by atoms with E-state index in [4.69, 9.17) is 10.5 Å². The molecule has 21 heavy (non-hydrogen) atoms. The Labute approximate surface area is 121 Å². The van der Waals surface area contributed by atoms with Crippen LogP contribution in [0.25, 0.3) is 5.57 Å². The zero-order valence-electron chi connectivity index (χ0n) is 12.5. The fraction of sp³-hybridized carbons (Fsp3) is 0.500. The molecule has 1 aromatic rings. The second kappa shape index (κ2) is 6.69. The number of hydrogen-bond acceptors (Lipinski definition) is 3. The summed E-state index contributed by atoms with van der Waals surface area (Å²) in [7, 11) is 1.48. The maximum atomic E-state index is 12.7. The summed E-state index contributed by atoms with van der Waals surface area (Å²) in [6.45, 7) is 5.54. The SMILES string of the molecule is CCC(C)/C(OC)=C(\C=C(\C)N)c1cc(C(F)(F)F)[nH]n1. The minimum Gasteiger partial charge on any atom is -0.500 e. The molecular formula is C14H20F3N3O. The Morgan fingerprint density at radius 3 is 2.52 bits per heavy atom. The largest absolute Gasteiger partial charge is 0.500 e. The van der Waals surface area contributed by atoms with E-state index in [1.54, 1.807) is 13.0 Å². The lowest BCUT2D eigenvalue weighted by molar-refractivity contribution is -0.141. The van der Waals surface area contributed by atoms with Crippen molar-refractivity contribution < 1.29 is 17.9 Å². The standard InChI is InChI=1S/C14H20F3N3O/c1-5-8(2)13(21-4)10(6-9(3)18)11-7-12(20-19-11)14(15,16)17/h6-8H,5,18H2,1-4H3,(H,19,20)/b9-6-,13-10-. The molecule has 118 valence electrons. The summed E-state index contributed by atoms with van der Waals surface area (Å²) in [5.74, 6) is 0.592. The van der Waals surface area contributed by atoms with Crippen LogP contribution in [0.2, 0.25) is 0 Å². The molecule has 0 radical (unpaired) electrons. The van der Waals surface area contributed by atoms with Gasteiger partial charge >= 0.3 is 6.18 Å². The highest BCUT2D eigenvalue weighted by Crippen LogP contribution is 2.32. The van der Waals surface area contributed by atoms with E-state index in [0.717, 1.165) is 12.5 Å². The smallest absolute Gasteiger partial charge is 0.432 e. The summed E-state index contributed by atoms with van der Waals surface area (Å²) in [6, 6.07) is 0.955. The van der Waals surface area contributed by atoms with E-state index in [1.807, 2.05) is 18.9 Å². The molecule has 0 spiro atoms. The van der Waals surface area contributed by atoms with Crippen molar-refractivity contribution >= 4 is 5.57 Å². The van der Waals surface area contributed by atoms with Gasteiger partial charge in [0.1, 0.15) is 11.5 Å². The Kier molecular flexibility index (Phi) is 5.46. The molecule has 0 aliphatic heterocycles. The van der Waals surface area contributed by atoms with E-state index >= 15 is 0 Å². The number of aromatic amines is 1. The number of methoxy groups -OCH3 is 1. The van der Waals surface area contributed by atoms with Crippen molar-refractivity contribution in [3.63, 3.8) is 0 Å². The van der Waals surface area contributed by atoms with Gasteiger partial charge in [-0.25, -0.2) is 0 Å². The quantitative estimate of drug-likeness (QED) is 0.644. The highest BCUT2D eigenvalue weighted by Gasteiger charge is 2.33. The van der Waals surface area contributed by atoms with Gasteiger partial charge in [0.15, 0.2) is 0 Å². The molecule has 1 unspecified atom stereocenters. The predicted molar refractivity (Wildman–Crippen MR) is 74.9 cm³/mol. The maximum absolute atomic E-state index is 12.7. The van der Waals surface area contributed by atoms with Crippen LogP contribution in [0, 0.1) is 5.92 Å². The lowest BCUT2D eigenvalue weighted by atomic mass is 9.99. The molecular weight excluding hydrogens is 283 g/mol. The molecule has 7 heteroatoms. The first kappa shape index (κ1) is 17.1. The van der Waals surface area contributed by atoms with Crippen molar-refractivity contribution in [3.05, 3.63) is 35.0 Å². The molecule has 1 aromatic heterocycles. The van der Waals surface area contributed by atoms with Crippen LogP contribution in [0.5, 0.6) is 0 Å². The van der Waals surface area contributed by atoms with Crippen molar-refractivity contribution in [2.75, 3.05) is 7.11 Å². The number of ether oxygens (including phenoxy) is 1. The van der Waals surface area contributed by atoms with Gasteiger partial charge in [0.05, 0.1) is 12.8 Å². The van der Waals surface area contributed by atoms with Crippen LogP contribution < -0.4 is 5.73 Å². The number of nitrogens with zero attached hydrogens (tertiary/aromatic N) is 1. The summed E-state index contributed by atoms with van der Waals surface area (Å²) in [6.07, 6.45) is -2.12. The van der Waals surface area contributed by atoms with Gasteiger partial charge in [-0.3, -0.25) is 5.10 Å². The molecule has 3 N–H and O–H groups in total. The van der Waals surface area contributed by atoms with E-state index < -0.39 is 11.9 Å². The van der Waals surface area contributed by atoms with Gasteiger partial charge in [-0.05, 0) is 25.5 Å². The van der Waals surface area contributed by atoms with E-state index in [0.29, 0.717) is 17.0 Å². The van der Waals surface area contributed by atoms with Crippen LogP contribution in [-0.4, -0.2) is 17.3 Å². The summed E-state index contributed by atoms with van der Waals surface area (Å²) in [4.78, 5) is 0. The van der Waals surface area contributed by atoms with E-state index in [1.165, 1.54) is 7.11 Å². The van der Waals surface area contributed by atoms with Crippen LogP contribution in [0.3, 0.4) is 0 Å². The summed E-state index contributed by atoms with van der Waals surface area (Å²) in [5, 5.41) is 5.74. The molecule has 0 fully saturated rings. The number of alkyl halides is 3. The summed E-state index contributed by atoms with van der Waals surface area (Å²) >= 11 is 0. The van der Waals surface area contributed by atoms with Gasteiger partial charge in [-0.2, -0.15) is 18.3 Å². The summed E-state index contributed by atoms with van der Waals surface area (Å²) < 4.78 is 43.4. The molecule has 0 aromatic carbocycles. The first-order valence-electron chi connectivity index (χ1n) is 6.55. The van der Waals surface area contributed by atoms with Crippen LogP contribution in [0.4, 0.5) is 13.2 Å². The highest BCUT2D eigenvalue weighted by atomic mass is 19.4. The van der Waals surface area contributed by atoms with E-state index in [2.05, 4.69) is 5.10 Å². The molecule has 1 rings (SSSR count). The minimum absolute atomic E-state index is 0.0339. The van der Waals surface area contributed by atoms with Crippen molar-refractivity contribution in [3.8, 4) is 0 Å². The molecule has 0 amide bonds. The van der Waals surface area contributed by atoms with Crippen LogP contribution in [0.1, 0.15) is 38.6 Å². The first-order valence-corrected chi connectivity index (χ1v) is 6.55. The molecule has 1 atom stereocenters. The monoisotopic (exact) mass is 303 g/mol. The third-order valence-corrected chi connectivity index (χ3v) is 3.08. The molecule has 0 saturated carbocycles. The Hall–Kier alpha value is -1.92. The lowest BCUT2D eigenvalue weighted by Gasteiger charge is -2.16. The van der Waals surface area contributed by atoms with Crippen molar-refractivity contribution in [1.29, 1.82) is 0 Å². The molecule has 0 bridgehead atoms. The zero-order chi connectivity index (χ0) is 16.2. The van der Waals surface area contributed by atoms with Gasteiger partial charge in [-0.1, -0.05) is 13.8 Å². The number of rotatable bonds is 5. The molecule has 0 aliphatic rings. The average Bonchev–Trinajstić information content (AvgIpc) is 2.86. The maximum Gasteiger partial charge on any atom is 0.432 e. The highest BCUT2D eigenvalue weighted by molar-refractivity contribution is 5.74. The number of aromatic nitrogens is 2. The van der Waals surface area contributed by atoms with Crippen molar-refractivity contribution in [2.24, 2.45) is 11.7 Å². The van der Waals surface area contributed by atoms with E-state index in [9.17, 15) is 13.2 Å². The second-order valence-electron chi connectivity index (χ2n) is 4.84. The fourth-order valence-electron chi connectivity index (χ4n) is 1.87. The number of hydrogen-bond donors (Lipinski definition) is 2. The van der Waals surface area contributed by atoms with Crippen LogP contribution in [0.15, 0.2) is 23.6 Å². The minimum atomic E-state index is -4.47. The van der Waals surface area contributed by atoms with Gasteiger partial charge in [0.2, 0.25) is 0 Å². The first-order chi connectivity index (χ1) is 9.70. The normalized spacial score (nSPS) is 15.7. The van der Waals surface area contributed by atoms with Crippen LogP contribution >= 0.6 is 0 Å². The Morgan fingerprint density at radius 2 is 2.14 bits per heavy atom. The molecule has 1 heterocycles. The Balaban J connectivity index is 3.42. The average molecular weight is 303 g/mol. The third kappa shape index (κ3) is 4.27. The lowest BCUT2D eigenvalue weighted by Crippen LogP contribution is -2.05. The van der Waals surface area contributed by atoms with Gasteiger partial charge in [0.25, 0.3) is 0 Å². The van der Waals surface area contributed by atoms with Gasteiger partial charge < -0.3 is 10.5 Å².